The highest BCUT2D eigenvalue weighted by atomic mass is 16.5. The smallest absolute Gasteiger partial charge is 0.0602 e. The zero-order valence-corrected chi connectivity index (χ0v) is 13.7. The van der Waals surface area contributed by atoms with Crippen LogP contribution in [0.4, 0.5) is 0 Å². The lowest BCUT2D eigenvalue weighted by molar-refractivity contribution is -0.0582. The molecule has 2 heteroatoms. The molecular formula is C18H32O2. The SMILES string of the molecule is CCOC1CC(O)CC([C@@H]2C[C@H]3CC[C@]2(C)C3(C)C)C1. The molecule has 6 atom stereocenters. The number of aliphatic hydroxyl groups excluding tert-OH is 1. The first-order valence-electron chi connectivity index (χ1n) is 8.68. The third kappa shape index (κ3) is 2.06. The molecule has 0 spiro atoms. The van der Waals surface area contributed by atoms with Crippen LogP contribution < -0.4 is 0 Å². The highest BCUT2D eigenvalue weighted by Gasteiger charge is 2.62. The van der Waals surface area contributed by atoms with E-state index in [0.29, 0.717) is 22.9 Å². The first-order valence-corrected chi connectivity index (χ1v) is 8.68. The molecule has 3 fully saturated rings. The molecule has 20 heavy (non-hydrogen) atoms. The maximum Gasteiger partial charge on any atom is 0.0602 e. The van der Waals surface area contributed by atoms with Gasteiger partial charge in [-0.1, -0.05) is 20.8 Å². The van der Waals surface area contributed by atoms with E-state index in [1.807, 2.05) is 0 Å². The van der Waals surface area contributed by atoms with Crippen molar-refractivity contribution < 1.29 is 9.84 Å². The fraction of sp³-hybridized carbons (Fsp3) is 1.00. The van der Waals surface area contributed by atoms with Gasteiger partial charge in [0.1, 0.15) is 0 Å². The van der Waals surface area contributed by atoms with Crippen molar-refractivity contribution in [2.24, 2.45) is 28.6 Å². The van der Waals surface area contributed by atoms with Gasteiger partial charge in [-0.15, -0.1) is 0 Å². The van der Waals surface area contributed by atoms with E-state index in [4.69, 9.17) is 4.74 Å². The average Bonchev–Trinajstić information content (AvgIpc) is 2.70. The van der Waals surface area contributed by atoms with Crippen LogP contribution in [0.15, 0.2) is 0 Å². The maximum atomic E-state index is 10.2. The van der Waals surface area contributed by atoms with Crippen molar-refractivity contribution in [3.8, 4) is 0 Å². The molecule has 0 amide bonds. The summed E-state index contributed by atoms with van der Waals surface area (Å²) in [6.07, 6.45) is 7.38. The molecule has 2 bridgehead atoms. The first-order chi connectivity index (χ1) is 9.38. The Morgan fingerprint density at radius 2 is 1.85 bits per heavy atom. The summed E-state index contributed by atoms with van der Waals surface area (Å²) in [6, 6.07) is 0. The molecule has 0 heterocycles. The van der Waals surface area contributed by atoms with Gasteiger partial charge in [-0.05, 0) is 74.0 Å². The molecule has 0 aromatic rings. The quantitative estimate of drug-likeness (QED) is 0.846. The van der Waals surface area contributed by atoms with E-state index >= 15 is 0 Å². The number of hydrogen-bond donors (Lipinski definition) is 1. The van der Waals surface area contributed by atoms with Crippen LogP contribution in [-0.2, 0) is 4.74 Å². The van der Waals surface area contributed by atoms with Gasteiger partial charge in [-0.2, -0.15) is 0 Å². The summed E-state index contributed by atoms with van der Waals surface area (Å²) in [4.78, 5) is 0. The molecule has 2 nitrogen and oxygen atoms in total. The maximum absolute atomic E-state index is 10.2. The molecule has 0 aromatic heterocycles. The minimum atomic E-state index is -0.142. The van der Waals surface area contributed by atoms with Crippen molar-refractivity contribution in [3.63, 3.8) is 0 Å². The van der Waals surface area contributed by atoms with Crippen LogP contribution in [0.5, 0.6) is 0 Å². The predicted octanol–water partition coefficient (Wildman–Crippen LogP) is 4.01. The van der Waals surface area contributed by atoms with Gasteiger partial charge in [-0.25, -0.2) is 0 Å². The summed E-state index contributed by atoms with van der Waals surface area (Å²) < 4.78 is 5.85. The van der Waals surface area contributed by atoms with Crippen molar-refractivity contribution in [1.82, 2.24) is 0 Å². The summed E-state index contributed by atoms with van der Waals surface area (Å²) in [5, 5.41) is 10.2. The molecular weight excluding hydrogens is 248 g/mol. The van der Waals surface area contributed by atoms with E-state index in [-0.39, 0.29) is 6.10 Å². The molecule has 3 aliphatic rings. The molecule has 3 saturated carbocycles. The van der Waals surface area contributed by atoms with E-state index in [2.05, 4.69) is 27.7 Å². The number of rotatable bonds is 3. The van der Waals surface area contributed by atoms with Gasteiger partial charge in [0, 0.05) is 6.61 Å². The van der Waals surface area contributed by atoms with Gasteiger partial charge in [0.2, 0.25) is 0 Å². The van der Waals surface area contributed by atoms with Crippen molar-refractivity contribution in [1.29, 1.82) is 0 Å². The lowest BCUT2D eigenvalue weighted by Gasteiger charge is -2.46. The van der Waals surface area contributed by atoms with Crippen LogP contribution in [-0.4, -0.2) is 23.9 Å². The minimum absolute atomic E-state index is 0.142. The van der Waals surface area contributed by atoms with Gasteiger partial charge in [0.25, 0.3) is 0 Å². The van der Waals surface area contributed by atoms with Gasteiger partial charge in [0.15, 0.2) is 0 Å². The van der Waals surface area contributed by atoms with E-state index in [0.717, 1.165) is 31.3 Å². The summed E-state index contributed by atoms with van der Waals surface area (Å²) in [6.45, 7) is 10.4. The minimum Gasteiger partial charge on any atom is -0.393 e. The lowest BCUT2D eigenvalue weighted by atomic mass is 9.61. The molecule has 0 aliphatic heterocycles. The first kappa shape index (κ1) is 14.8. The molecule has 3 rings (SSSR count). The number of ether oxygens (including phenoxy) is 1. The van der Waals surface area contributed by atoms with Crippen molar-refractivity contribution in [3.05, 3.63) is 0 Å². The Morgan fingerprint density at radius 3 is 2.40 bits per heavy atom. The van der Waals surface area contributed by atoms with E-state index < -0.39 is 0 Å². The van der Waals surface area contributed by atoms with Crippen LogP contribution in [0.1, 0.15) is 66.2 Å². The highest BCUT2D eigenvalue weighted by molar-refractivity contribution is 5.11. The summed E-state index contributed by atoms with van der Waals surface area (Å²) in [5.41, 5.74) is 0.970. The summed E-state index contributed by atoms with van der Waals surface area (Å²) >= 11 is 0. The zero-order chi connectivity index (χ0) is 14.5. The van der Waals surface area contributed by atoms with Crippen molar-refractivity contribution >= 4 is 0 Å². The average molecular weight is 280 g/mol. The van der Waals surface area contributed by atoms with Gasteiger partial charge in [0.05, 0.1) is 12.2 Å². The lowest BCUT2D eigenvalue weighted by Crippen LogP contribution is -2.41. The molecule has 3 aliphatic carbocycles. The van der Waals surface area contributed by atoms with Crippen LogP contribution in [0.2, 0.25) is 0 Å². The number of fused-ring (bicyclic) bond motifs is 2. The molecule has 3 unspecified atom stereocenters. The molecule has 116 valence electrons. The summed E-state index contributed by atoms with van der Waals surface area (Å²) in [5.74, 6) is 2.38. The van der Waals surface area contributed by atoms with Crippen LogP contribution in [0.3, 0.4) is 0 Å². The van der Waals surface area contributed by atoms with Gasteiger partial charge < -0.3 is 9.84 Å². The van der Waals surface area contributed by atoms with E-state index in [1.165, 1.54) is 25.7 Å². The second-order valence-electron chi connectivity index (χ2n) is 8.42. The zero-order valence-electron chi connectivity index (χ0n) is 13.7. The van der Waals surface area contributed by atoms with Crippen molar-refractivity contribution in [2.75, 3.05) is 6.61 Å². The molecule has 0 aromatic carbocycles. The predicted molar refractivity (Wildman–Crippen MR) is 81.5 cm³/mol. The third-order valence-corrected chi connectivity index (χ3v) is 7.51. The molecule has 1 N–H and O–H groups in total. The fourth-order valence-corrected chi connectivity index (χ4v) is 5.96. The number of hydrogen-bond acceptors (Lipinski definition) is 2. The van der Waals surface area contributed by atoms with Gasteiger partial charge in [-0.3, -0.25) is 0 Å². The second-order valence-corrected chi connectivity index (χ2v) is 8.42. The fourth-order valence-electron chi connectivity index (χ4n) is 5.96. The topological polar surface area (TPSA) is 29.5 Å². The Kier molecular flexibility index (Phi) is 3.70. The monoisotopic (exact) mass is 280 g/mol. The van der Waals surface area contributed by atoms with Crippen LogP contribution >= 0.6 is 0 Å². The molecule has 0 radical (unpaired) electrons. The van der Waals surface area contributed by atoms with Crippen LogP contribution in [0.25, 0.3) is 0 Å². The summed E-state index contributed by atoms with van der Waals surface area (Å²) in [7, 11) is 0. The Bertz CT molecular complexity index is 364. The Labute approximate surface area is 124 Å². The second kappa shape index (κ2) is 4.98. The van der Waals surface area contributed by atoms with Gasteiger partial charge >= 0.3 is 0 Å². The Morgan fingerprint density at radius 1 is 1.10 bits per heavy atom. The van der Waals surface area contributed by atoms with E-state index in [1.54, 1.807) is 0 Å². The normalized spacial score (nSPS) is 50.5. The molecule has 0 saturated heterocycles. The largest absolute Gasteiger partial charge is 0.393 e. The standard InChI is InChI=1S/C18H32O2/c1-5-20-15-9-12(8-14(19)11-15)16-10-13-6-7-18(16,4)17(13,2)3/h12-16,19H,5-11H2,1-4H3/t12?,13-,14?,15?,16+,18+/m1/s1. The Balaban J connectivity index is 1.76. The Hall–Kier alpha value is -0.0800. The van der Waals surface area contributed by atoms with Crippen molar-refractivity contribution in [2.45, 2.75) is 78.4 Å². The van der Waals surface area contributed by atoms with Crippen LogP contribution in [0, 0.1) is 28.6 Å². The highest BCUT2D eigenvalue weighted by Crippen LogP contribution is 2.70. The number of aliphatic hydroxyl groups is 1. The third-order valence-electron chi connectivity index (χ3n) is 7.51. The van der Waals surface area contributed by atoms with E-state index in [9.17, 15) is 5.11 Å².